The van der Waals surface area contributed by atoms with Crippen molar-refractivity contribution >= 4 is 23.1 Å². The SMILES string of the molecule is O=C(c1cnc2c(c1)OCCN2c1ccn2c(=O)n(Cc3ccc(F)cc3)nc2c1)N1CCC(F)(F)CC1. The van der Waals surface area contributed by atoms with E-state index in [1.165, 1.54) is 32.3 Å². The first-order valence-electron chi connectivity index (χ1n) is 12.2. The van der Waals surface area contributed by atoms with E-state index in [0.29, 0.717) is 30.4 Å². The van der Waals surface area contributed by atoms with Crippen LogP contribution in [0.5, 0.6) is 5.75 Å². The van der Waals surface area contributed by atoms with Crippen LogP contribution in [0, 0.1) is 5.82 Å². The van der Waals surface area contributed by atoms with Gasteiger partial charge in [-0.3, -0.25) is 9.20 Å². The summed E-state index contributed by atoms with van der Waals surface area (Å²) in [7, 11) is 0. The third-order valence-electron chi connectivity index (χ3n) is 6.82. The molecule has 196 valence electrons. The Morgan fingerprint density at radius 3 is 2.58 bits per heavy atom. The summed E-state index contributed by atoms with van der Waals surface area (Å²) in [6.07, 6.45) is 2.34. The molecule has 0 bridgehead atoms. The van der Waals surface area contributed by atoms with Gasteiger partial charge in [-0.2, -0.15) is 0 Å². The highest BCUT2D eigenvalue weighted by atomic mass is 19.3. The summed E-state index contributed by atoms with van der Waals surface area (Å²) in [4.78, 5) is 33.5. The van der Waals surface area contributed by atoms with E-state index in [9.17, 15) is 22.8 Å². The summed E-state index contributed by atoms with van der Waals surface area (Å²) in [6, 6.07) is 11.0. The average molecular weight is 525 g/mol. The van der Waals surface area contributed by atoms with Crippen molar-refractivity contribution in [2.45, 2.75) is 25.3 Å². The van der Waals surface area contributed by atoms with E-state index in [0.717, 1.165) is 11.3 Å². The minimum absolute atomic E-state index is 0.0108. The summed E-state index contributed by atoms with van der Waals surface area (Å²) < 4.78 is 48.7. The number of aromatic nitrogens is 4. The normalized spacial score (nSPS) is 16.8. The molecule has 3 aromatic heterocycles. The standard InChI is InChI=1S/C26H23F3N6O3/c27-19-3-1-17(2-4-19)16-35-25(37)34-8-5-20(14-22(34)31-35)33-11-12-38-21-13-18(15-30-23(21)33)24(36)32-9-6-26(28,29)7-10-32/h1-5,8,13-15H,6-7,9-12,16H2. The number of hydrogen-bond donors (Lipinski definition) is 0. The van der Waals surface area contributed by atoms with E-state index in [4.69, 9.17) is 4.74 Å². The van der Waals surface area contributed by atoms with Crippen LogP contribution < -0.4 is 15.3 Å². The first-order chi connectivity index (χ1) is 18.3. The number of ether oxygens (including phenoxy) is 1. The molecule has 5 heterocycles. The Balaban J connectivity index is 1.25. The maximum atomic E-state index is 13.5. The number of rotatable bonds is 4. The molecule has 4 aromatic rings. The van der Waals surface area contributed by atoms with Gasteiger partial charge in [0.1, 0.15) is 12.4 Å². The number of anilines is 2. The summed E-state index contributed by atoms with van der Waals surface area (Å²) in [5.41, 5.74) is 1.85. The molecule has 0 aliphatic carbocycles. The Kier molecular flexibility index (Phi) is 5.81. The molecule has 0 N–H and O–H groups in total. The molecule has 6 rings (SSSR count). The van der Waals surface area contributed by atoms with Crippen molar-refractivity contribution in [1.29, 1.82) is 0 Å². The molecule has 1 saturated heterocycles. The Morgan fingerprint density at radius 2 is 1.82 bits per heavy atom. The third-order valence-corrected chi connectivity index (χ3v) is 6.82. The molecular formula is C26H23F3N6O3. The molecular weight excluding hydrogens is 501 g/mol. The molecule has 12 heteroatoms. The number of pyridine rings is 2. The first kappa shape index (κ1) is 24.0. The van der Waals surface area contributed by atoms with Gasteiger partial charge >= 0.3 is 5.69 Å². The molecule has 0 unspecified atom stereocenters. The number of fused-ring (bicyclic) bond motifs is 2. The minimum Gasteiger partial charge on any atom is -0.488 e. The second-order valence-corrected chi connectivity index (χ2v) is 9.37. The predicted octanol–water partition coefficient (Wildman–Crippen LogP) is 3.48. The lowest BCUT2D eigenvalue weighted by atomic mass is 10.1. The largest absolute Gasteiger partial charge is 0.488 e. The third kappa shape index (κ3) is 4.46. The van der Waals surface area contributed by atoms with Crippen molar-refractivity contribution in [3.05, 3.63) is 82.3 Å². The number of alkyl halides is 2. The van der Waals surface area contributed by atoms with E-state index in [-0.39, 0.29) is 55.5 Å². The zero-order valence-corrected chi connectivity index (χ0v) is 20.2. The quantitative estimate of drug-likeness (QED) is 0.407. The van der Waals surface area contributed by atoms with Gasteiger partial charge in [0.25, 0.3) is 11.8 Å². The molecule has 38 heavy (non-hydrogen) atoms. The number of likely N-dealkylation sites (tertiary alicyclic amines) is 1. The molecule has 2 aliphatic heterocycles. The number of amides is 1. The van der Waals surface area contributed by atoms with Crippen LogP contribution in [0.15, 0.2) is 59.7 Å². The smallest absolute Gasteiger partial charge is 0.350 e. The zero-order valence-electron chi connectivity index (χ0n) is 20.2. The summed E-state index contributed by atoms with van der Waals surface area (Å²) in [6.45, 7) is 0.986. The van der Waals surface area contributed by atoms with E-state index in [1.54, 1.807) is 36.5 Å². The molecule has 0 atom stereocenters. The van der Waals surface area contributed by atoms with Crippen LogP contribution in [0.2, 0.25) is 0 Å². The van der Waals surface area contributed by atoms with Crippen molar-refractivity contribution in [2.24, 2.45) is 0 Å². The molecule has 9 nitrogen and oxygen atoms in total. The number of nitrogens with zero attached hydrogens (tertiary/aromatic N) is 6. The van der Waals surface area contributed by atoms with Crippen molar-refractivity contribution in [2.75, 3.05) is 31.1 Å². The maximum absolute atomic E-state index is 13.5. The van der Waals surface area contributed by atoms with Crippen molar-refractivity contribution in [3.63, 3.8) is 0 Å². The second kappa shape index (κ2) is 9.19. The Labute approximate surface area is 214 Å². The fourth-order valence-corrected chi connectivity index (χ4v) is 4.73. The summed E-state index contributed by atoms with van der Waals surface area (Å²) in [5, 5.41) is 4.43. The van der Waals surface area contributed by atoms with Crippen molar-refractivity contribution < 1.29 is 22.7 Å². The number of piperidine rings is 1. The Hall–Kier alpha value is -4.35. The molecule has 0 radical (unpaired) electrons. The van der Waals surface area contributed by atoms with E-state index in [2.05, 4.69) is 10.1 Å². The van der Waals surface area contributed by atoms with Crippen molar-refractivity contribution in [1.82, 2.24) is 24.1 Å². The summed E-state index contributed by atoms with van der Waals surface area (Å²) in [5.74, 6) is -2.55. The molecule has 0 spiro atoms. The first-order valence-corrected chi connectivity index (χ1v) is 12.2. The van der Waals surface area contributed by atoms with E-state index in [1.807, 2.05) is 4.90 Å². The highest BCUT2D eigenvalue weighted by molar-refractivity contribution is 5.95. The molecule has 1 aromatic carbocycles. The lowest BCUT2D eigenvalue weighted by Gasteiger charge is -2.32. The van der Waals surface area contributed by atoms with Crippen LogP contribution in [0.4, 0.5) is 24.7 Å². The van der Waals surface area contributed by atoms with Crippen LogP contribution in [0.3, 0.4) is 0 Å². The number of halogens is 3. The van der Waals surface area contributed by atoms with Crippen LogP contribution in [0.1, 0.15) is 28.8 Å². The topological polar surface area (TPSA) is 85.0 Å². The van der Waals surface area contributed by atoms with Crippen molar-refractivity contribution in [3.8, 4) is 5.75 Å². The van der Waals surface area contributed by atoms with Gasteiger partial charge in [0.15, 0.2) is 17.2 Å². The molecule has 2 aliphatic rings. The Bertz CT molecular complexity index is 1570. The van der Waals surface area contributed by atoms with Gasteiger partial charge in [-0.05, 0) is 29.8 Å². The lowest BCUT2D eigenvalue weighted by molar-refractivity contribution is -0.0494. The monoisotopic (exact) mass is 524 g/mol. The fraction of sp³-hybridized carbons (Fsp3) is 0.308. The fourth-order valence-electron chi connectivity index (χ4n) is 4.73. The maximum Gasteiger partial charge on any atom is 0.350 e. The van der Waals surface area contributed by atoms with Crippen LogP contribution in [0.25, 0.3) is 5.65 Å². The van der Waals surface area contributed by atoms with Gasteiger partial charge < -0.3 is 14.5 Å². The van der Waals surface area contributed by atoms with Gasteiger partial charge in [0.2, 0.25) is 0 Å². The summed E-state index contributed by atoms with van der Waals surface area (Å²) >= 11 is 0. The van der Waals surface area contributed by atoms with Crippen LogP contribution in [-0.4, -0.2) is 62.1 Å². The predicted molar refractivity (Wildman–Crippen MR) is 132 cm³/mol. The van der Waals surface area contributed by atoms with Gasteiger partial charge in [-0.25, -0.2) is 27.6 Å². The van der Waals surface area contributed by atoms with Gasteiger partial charge in [-0.1, -0.05) is 12.1 Å². The highest BCUT2D eigenvalue weighted by Gasteiger charge is 2.36. The highest BCUT2D eigenvalue weighted by Crippen LogP contribution is 2.36. The Morgan fingerprint density at radius 1 is 1.05 bits per heavy atom. The zero-order chi connectivity index (χ0) is 26.4. The van der Waals surface area contributed by atoms with Gasteiger partial charge in [0, 0.05) is 50.1 Å². The molecule has 1 amide bonds. The number of carbonyl (C=O) groups is 1. The number of carbonyl (C=O) groups excluding carboxylic acids is 1. The number of benzene rings is 1. The van der Waals surface area contributed by atoms with Gasteiger partial charge in [0.05, 0.1) is 18.7 Å². The van der Waals surface area contributed by atoms with Gasteiger partial charge in [-0.15, -0.1) is 5.10 Å². The second-order valence-electron chi connectivity index (χ2n) is 9.37. The van der Waals surface area contributed by atoms with Crippen LogP contribution in [-0.2, 0) is 6.54 Å². The van der Waals surface area contributed by atoms with E-state index < -0.39 is 5.92 Å². The van der Waals surface area contributed by atoms with E-state index >= 15 is 0 Å². The number of hydrogen-bond acceptors (Lipinski definition) is 6. The lowest BCUT2D eigenvalue weighted by Crippen LogP contribution is -2.42. The molecule has 1 fully saturated rings. The van der Waals surface area contributed by atoms with Crippen LogP contribution >= 0.6 is 0 Å². The average Bonchev–Trinajstić information content (AvgIpc) is 3.23. The minimum atomic E-state index is -2.74. The molecule has 0 saturated carbocycles.